The number of rotatable bonds is 2. The molecule has 0 aromatic carbocycles. The highest BCUT2D eigenvalue weighted by atomic mass is 15.3. The highest BCUT2D eigenvalue weighted by molar-refractivity contribution is 5.11. The van der Waals surface area contributed by atoms with Crippen LogP contribution >= 0.6 is 0 Å². The molecule has 1 aliphatic heterocycles. The molecule has 0 saturated carbocycles. The molecular weight excluding hydrogens is 196 g/mol. The van der Waals surface area contributed by atoms with Crippen molar-refractivity contribution in [2.75, 3.05) is 26.2 Å². The lowest BCUT2D eigenvalue weighted by Gasteiger charge is -2.38. The molecule has 0 unspecified atom stereocenters. The van der Waals surface area contributed by atoms with Gasteiger partial charge in [0.2, 0.25) is 0 Å². The van der Waals surface area contributed by atoms with Gasteiger partial charge in [-0.05, 0) is 38.5 Å². The van der Waals surface area contributed by atoms with Gasteiger partial charge < -0.3 is 9.80 Å². The molecule has 88 valence electrons. The number of hydrogen-bond donors (Lipinski definition) is 0. The summed E-state index contributed by atoms with van der Waals surface area (Å²) >= 11 is 0. The van der Waals surface area contributed by atoms with Crippen molar-refractivity contribution in [2.24, 2.45) is 0 Å². The predicted octanol–water partition coefficient (Wildman–Crippen LogP) is 2.74. The summed E-state index contributed by atoms with van der Waals surface area (Å²) < 4.78 is 0. The minimum atomic E-state index is 1.24. The van der Waals surface area contributed by atoms with Crippen LogP contribution in [0.3, 0.4) is 0 Å². The third-order valence-electron chi connectivity index (χ3n) is 4.13. The van der Waals surface area contributed by atoms with Gasteiger partial charge in [-0.25, -0.2) is 0 Å². The molecule has 1 heterocycles. The smallest absolute Gasteiger partial charge is 0.0351 e. The predicted molar refractivity (Wildman–Crippen MR) is 67.0 cm³/mol. The van der Waals surface area contributed by atoms with Gasteiger partial charge in [0.25, 0.3) is 0 Å². The second-order valence-corrected chi connectivity index (χ2v) is 5.15. The summed E-state index contributed by atoms with van der Waals surface area (Å²) in [4.78, 5) is 5.22. The SMILES string of the molecule is C1=C(N2CCN(C3=CCCC3)CC2)CCC1. The van der Waals surface area contributed by atoms with Gasteiger partial charge >= 0.3 is 0 Å². The van der Waals surface area contributed by atoms with E-state index in [0.717, 1.165) is 0 Å². The van der Waals surface area contributed by atoms with E-state index >= 15 is 0 Å². The Labute approximate surface area is 98.6 Å². The molecule has 1 saturated heterocycles. The molecule has 3 aliphatic rings. The first kappa shape index (κ1) is 10.2. The quantitative estimate of drug-likeness (QED) is 0.703. The summed E-state index contributed by atoms with van der Waals surface area (Å²) in [5, 5.41) is 0. The largest absolute Gasteiger partial charge is 0.372 e. The fourth-order valence-electron chi connectivity index (χ4n) is 3.16. The van der Waals surface area contributed by atoms with Crippen LogP contribution < -0.4 is 0 Å². The molecule has 0 amide bonds. The summed E-state index contributed by atoms with van der Waals surface area (Å²) in [6.07, 6.45) is 12.9. The van der Waals surface area contributed by atoms with Crippen LogP contribution in [-0.2, 0) is 0 Å². The first-order valence-electron chi connectivity index (χ1n) is 6.81. The fraction of sp³-hybridized carbons (Fsp3) is 0.714. The maximum atomic E-state index is 2.61. The number of piperazine rings is 1. The molecular formula is C14H22N2. The summed E-state index contributed by atoms with van der Waals surface area (Å²) in [6, 6.07) is 0. The molecule has 0 N–H and O–H groups in total. The molecule has 0 radical (unpaired) electrons. The van der Waals surface area contributed by atoms with Crippen LogP contribution in [0.15, 0.2) is 23.5 Å². The van der Waals surface area contributed by atoms with Gasteiger partial charge in [0.1, 0.15) is 0 Å². The monoisotopic (exact) mass is 218 g/mol. The number of allylic oxidation sites excluding steroid dienone is 4. The van der Waals surface area contributed by atoms with Crippen LogP contribution in [0.4, 0.5) is 0 Å². The molecule has 0 bridgehead atoms. The van der Waals surface area contributed by atoms with Crippen molar-refractivity contribution in [3.05, 3.63) is 23.5 Å². The van der Waals surface area contributed by atoms with Crippen molar-refractivity contribution in [1.82, 2.24) is 9.80 Å². The van der Waals surface area contributed by atoms with E-state index in [9.17, 15) is 0 Å². The summed E-state index contributed by atoms with van der Waals surface area (Å²) in [6.45, 7) is 4.96. The topological polar surface area (TPSA) is 6.48 Å². The lowest BCUT2D eigenvalue weighted by molar-refractivity contribution is 0.187. The van der Waals surface area contributed by atoms with E-state index in [2.05, 4.69) is 22.0 Å². The molecule has 16 heavy (non-hydrogen) atoms. The third-order valence-corrected chi connectivity index (χ3v) is 4.13. The average Bonchev–Trinajstić information content (AvgIpc) is 3.03. The Hall–Kier alpha value is -0.920. The molecule has 3 rings (SSSR count). The molecule has 0 aromatic rings. The Balaban J connectivity index is 1.55. The molecule has 0 aromatic heterocycles. The normalized spacial score (nSPS) is 26.0. The van der Waals surface area contributed by atoms with Gasteiger partial charge in [-0.3, -0.25) is 0 Å². The van der Waals surface area contributed by atoms with Crippen LogP contribution in [0.1, 0.15) is 38.5 Å². The minimum Gasteiger partial charge on any atom is -0.372 e. The zero-order valence-corrected chi connectivity index (χ0v) is 10.1. The van der Waals surface area contributed by atoms with Crippen LogP contribution in [0, 0.1) is 0 Å². The van der Waals surface area contributed by atoms with E-state index < -0.39 is 0 Å². The van der Waals surface area contributed by atoms with E-state index in [-0.39, 0.29) is 0 Å². The zero-order chi connectivity index (χ0) is 10.8. The maximum Gasteiger partial charge on any atom is 0.0351 e. The average molecular weight is 218 g/mol. The van der Waals surface area contributed by atoms with E-state index in [4.69, 9.17) is 0 Å². The Bertz CT molecular complexity index is 277. The lowest BCUT2D eigenvalue weighted by Crippen LogP contribution is -2.44. The van der Waals surface area contributed by atoms with Crippen LogP contribution in [0.2, 0.25) is 0 Å². The molecule has 0 atom stereocenters. The summed E-state index contributed by atoms with van der Waals surface area (Å²) in [5.74, 6) is 0. The van der Waals surface area contributed by atoms with Crippen molar-refractivity contribution < 1.29 is 0 Å². The second kappa shape index (κ2) is 4.52. The van der Waals surface area contributed by atoms with Crippen molar-refractivity contribution in [2.45, 2.75) is 38.5 Å². The van der Waals surface area contributed by atoms with E-state index in [0.29, 0.717) is 0 Å². The van der Waals surface area contributed by atoms with Crippen molar-refractivity contribution in [3.8, 4) is 0 Å². The maximum absolute atomic E-state index is 2.61. The molecule has 2 nitrogen and oxygen atoms in total. The van der Waals surface area contributed by atoms with Gasteiger partial charge in [0.05, 0.1) is 0 Å². The highest BCUT2D eigenvalue weighted by Gasteiger charge is 2.22. The lowest BCUT2D eigenvalue weighted by atomic mass is 10.2. The van der Waals surface area contributed by atoms with Crippen LogP contribution in [0.5, 0.6) is 0 Å². The molecule has 2 heteroatoms. The Morgan fingerprint density at radius 1 is 0.688 bits per heavy atom. The minimum absolute atomic E-state index is 1.24. The van der Waals surface area contributed by atoms with Gasteiger partial charge in [-0.15, -0.1) is 0 Å². The summed E-state index contributed by atoms with van der Waals surface area (Å²) in [7, 11) is 0. The van der Waals surface area contributed by atoms with E-state index in [1.54, 1.807) is 11.4 Å². The van der Waals surface area contributed by atoms with Crippen molar-refractivity contribution >= 4 is 0 Å². The van der Waals surface area contributed by atoms with E-state index in [1.807, 2.05) is 0 Å². The van der Waals surface area contributed by atoms with Crippen LogP contribution in [0.25, 0.3) is 0 Å². The zero-order valence-electron chi connectivity index (χ0n) is 10.1. The van der Waals surface area contributed by atoms with E-state index in [1.165, 1.54) is 64.7 Å². The molecule has 2 aliphatic carbocycles. The van der Waals surface area contributed by atoms with Crippen LogP contribution in [-0.4, -0.2) is 36.0 Å². The van der Waals surface area contributed by atoms with Crippen molar-refractivity contribution in [1.29, 1.82) is 0 Å². The first-order valence-corrected chi connectivity index (χ1v) is 6.81. The van der Waals surface area contributed by atoms with Gasteiger partial charge in [-0.1, -0.05) is 12.2 Å². The number of nitrogens with zero attached hydrogens (tertiary/aromatic N) is 2. The first-order chi connectivity index (χ1) is 7.93. The summed E-state index contributed by atoms with van der Waals surface area (Å²) in [5.41, 5.74) is 3.25. The fourth-order valence-corrected chi connectivity index (χ4v) is 3.16. The van der Waals surface area contributed by atoms with Gasteiger partial charge in [0, 0.05) is 37.6 Å². The second-order valence-electron chi connectivity index (χ2n) is 5.15. The standard InChI is InChI=1S/C14H22N2/c1-2-6-13(5-1)15-9-11-16(12-10-15)14-7-3-4-8-14/h5,7H,1-4,6,8-12H2. The molecule has 0 spiro atoms. The van der Waals surface area contributed by atoms with Crippen molar-refractivity contribution in [3.63, 3.8) is 0 Å². The Morgan fingerprint density at radius 2 is 1.12 bits per heavy atom. The van der Waals surface area contributed by atoms with Gasteiger partial charge in [-0.2, -0.15) is 0 Å². The Morgan fingerprint density at radius 3 is 1.44 bits per heavy atom. The highest BCUT2D eigenvalue weighted by Crippen LogP contribution is 2.26. The molecule has 1 fully saturated rings. The van der Waals surface area contributed by atoms with Gasteiger partial charge in [0.15, 0.2) is 0 Å². The third kappa shape index (κ3) is 1.98. The number of hydrogen-bond acceptors (Lipinski definition) is 2. The Kier molecular flexibility index (Phi) is 2.90.